The van der Waals surface area contributed by atoms with E-state index in [4.69, 9.17) is 13.9 Å². The summed E-state index contributed by atoms with van der Waals surface area (Å²) in [6.45, 7) is 0.394. The molecule has 1 aromatic heterocycles. The molecule has 0 bridgehead atoms. The number of hydrogen-bond acceptors (Lipinski definition) is 6. The number of ether oxygens (including phenoxy) is 2. The van der Waals surface area contributed by atoms with E-state index in [0.29, 0.717) is 18.2 Å². The van der Waals surface area contributed by atoms with Crippen LogP contribution in [0.3, 0.4) is 0 Å². The van der Waals surface area contributed by atoms with Crippen molar-refractivity contribution < 1.29 is 18.7 Å². The normalized spacial score (nSPS) is 16.1. The van der Waals surface area contributed by atoms with E-state index >= 15 is 0 Å². The van der Waals surface area contributed by atoms with Crippen molar-refractivity contribution >= 4 is 5.97 Å². The van der Waals surface area contributed by atoms with Gasteiger partial charge in [-0.1, -0.05) is 12.8 Å². The maximum atomic E-state index is 12.1. The maximum Gasteiger partial charge on any atom is 0.326 e. The van der Waals surface area contributed by atoms with Gasteiger partial charge in [-0.15, -0.1) is 0 Å². The van der Waals surface area contributed by atoms with Crippen molar-refractivity contribution in [2.45, 2.75) is 37.8 Å². The number of nitrogens with one attached hydrogen (secondary N) is 1. The monoisotopic (exact) mass is 330 g/mol. The van der Waals surface area contributed by atoms with Gasteiger partial charge >= 0.3 is 5.97 Å². The largest absolute Gasteiger partial charge is 0.497 e. The highest BCUT2D eigenvalue weighted by Gasteiger charge is 2.42. The first-order valence-corrected chi connectivity index (χ1v) is 8.09. The second-order valence-electron chi connectivity index (χ2n) is 5.98. The van der Waals surface area contributed by atoms with E-state index in [1.54, 1.807) is 13.3 Å². The summed E-state index contributed by atoms with van der Waals surface area (Å²) in [6.07, 6.45) is 5.30. The molecule has 1 fully saturated rings. The first kappa shape index (κ1) is 16.5. The van der Waals surface area contributed by atoms with Gasteiger partial charge in [0.1, 0.15) is 11.3 Å². The average Bonchev–Trinajstić information content (AvgIpc) is 3.29. The van der Waals surface area contributed by atoms with Gasteiger partial charge in [-0.3, -0.25) is 10.1 Å². The topological polar surface area (TPSA) is 73.6 Å². The SMILES string of the molecule is COC(=O)C1(NCc2ncc(-c3ccc(OC)cc3)o2)CCCC1. The zero-order valence-corrected chi connectivity index (χ0v) is 14.0. The number of carbonyl (C=O) groups is 1. The molecule has 0 aliphatic heterocycles. The lowest BCUT2D eigenvalue weighted by molar-refractivity contribution is -0.148. The van der Waals surface area contributed by atoms with Crippen LogP contribution in [0.1, 0.15) is 31.6 Å². The summed E-state index contributed by atoms with van der Waals surface area (Å²) in [5.41, 5.74) is 0.321. The first-order valence-electron chi connectivity index (χ1n) is 8.09. The minimum atomic E-state index is -0.608. The van der Waals surface area contributed by atoms with Crippen molar-refractivity contribution in [2.75, 3.05) is 14.2 Å². The summed E-state index contributed by atoms with van der Waals surface area (Å²) < 4.78 is 15.9. The van der Waals surface area contributed by atoms with Crippen molar-refractivity contribution in [1.82, 2.24) is 10.3 Å². The summed E-state index contributed by atoms with van der Waals surface area (Å²) in [7, 11) is 3.06. The molecule has 1 saturated carbocycles. The quantitative estimate of drug-likeness (QED) is 0.821. The van der Waals surface area contributed by atoms with E-state index < -0.39 is 5.54 Å². The summed E-state index contributed by atoms with van der Waals surface area (Å²) in [6, 6.07) is 7.59. The van der Waals surface area contributed by atoms with Crippen molar-refractivity contribution in [3.05, 3.63) is 36.4 Å². The fourth-order valence-corrected chi connectivity index (χ4v) is 3.15. The molecule has 24 heavy (non-hydrogen) atoms. The fourth-order valence-electron chi connectivity index (χ4n) is 3.15. The van der Waals surface area contributed by atoms with E-state index in [1.165, 1.54) is 7.11 Å². The van der Waals surface area contributed by atoms with Gasteiger partial charge in [0.2, 0.25) is 5.89 Å². The molecule has 0 saturated heterocycles. The van der Waals surface area contributed by atoms with E-state index in [0.717, 1.165) is 37.0 Å². The summed E-state index contributed by atoms with van der Waals surface area (Å²) >= 11 is 0. The molecule has 2 aromatic rings. The highest BCUT2D eigenvalue weighted by atomic mass is 16.5. The summed E-state index contributed by atoms with van der Waals surface area (Å²) in [4.78, 5) is 16.4. The van der Waals surface area contributed by atoms with E-state index in [-0.39, 0.29) is 5.97 Å². The van der Waals surface area contributed by atoms with Crippen LogP contribution >= 0.6 is 0 Å². The predicted octanol–water partition coefficient (Wildman–Crippen LogP) is 2.93. The Morgan fingerprint density at radius 2 is 1.96 bits per heavy atom. The molecule has 0 radical (unpaired) electrons. The lowest BCUT2D eigenvalue weighted by atomic mass is 9.98. The van der Waals surface area contributed by atoms with Gasteiger partial charge in [0.05, 0.1) is 27.0 Å². The molecule has 1 aromatic carbocycles. The Labute approximate surface area is 141 Å². The van der Waals surface area contributed by atoms with Gasteiger partial charge in [0, 0.05) is 5.56 Å². The third-order valence-electron chi connectivity index (χ3n) is 4.54. The van der Waals surface area contributed by atoms with Crippen molar-refractivity contribution in [3.8, 4) is 17.1 Å². The standard InChI is InChI=1S/C18H22N2O4/c1-22-14-7-5-13(6-8-14)15-11-19-16(24-15)12-20-18(17(21)23-2)9-3-4-10-18/h5-8,11,20H,3-4,9-10,12H2,1-2H3. The molecule has 1 aliphatic carbocycles. The Bertz CT molecular complexity index is 687. The van der Waals surface area contributed by atoms with Crippen molar-refractivity contribution in [2.24, 2.45) is 0 Å². The Balaban J connectivity index is 1.68. The molecule has 3 rings (SSSR count). The van der Waals surface area contributed by atoms with Crippen LogP contribution in [0.15, 0.2) is 34.9 Å². The number of rotatable bonds is 6. The highest BCUT2D eigenvalue weighted by Crippen LogP contribution is 2.31. The van der Waals surface area contributed by atoms with Crippen LogP contribution in [-0.2, 0) is 16.1 Å². The second-order valence-corrected chi connectivity index (χ2v) is 5.98. The van der Waals surface area contributed by atoms with Gasteiger partial charge in [0.15, 0.2) is 5.76 Å². The molecule has 6 heteroatoms. The van der Waals surface area contributed by atoms with Gasteiger partial charge in [-0.05, 0) is 37.1 Å². The Kier molecular flexibility index (Phi) is 4.85. The maximum absolute atomic E-state index is 12.1. The third-order valence-corrected chi connectivity index (χ3v) is 4.54. The highest BCUT2D eigenvalue weighted by molar-refractivity contribution is 5.81. The summed E-state index contributed by atoms with van der Waals surface area (Å²) in [5.74, 6) is 1.83. The molecule has 0 spiro atoms. The Hall–Kier alpha value is -2.34. The third kappa shape index (κ3) is 3.28. The van der Waals surface area contributed by atoms with Gasteiger partial charge in [-0.25, -0.2) is 4.98 Å². The predicted molar refractivity (Wildman–Crippen MR) is 88.5 cm³/mol. The van der Waals surface area contributed by atoms with Gasteiger partial charge in [0.25, 0.3) is 0 Å². The molecule has 0 amide bonds. The molecule has 0 atom stereocenters. The number of hydrogen-bond donors (Lipinski definition) is 1. The molecule has 1 aliphatic rings. The molecular formula is C18H22N2O4. The minimum Gasteiger partial charge on any atom is -0.497 e. The van der Waals surface area contributed by atoms with E-state index in [2.05, 4.69) is 10.3 Å². The number of benzene rings is 1. The van der Waals surface area contributed by atoms with Gasteiger partial charge in [-0.2, -0.15) is 0 Å². The molecule has 6 nitrogen and oxygen atoms in total. The number of nitrogens with zero attached hydrogens (tertiary/aromatic N) is 1. The first-order chi connectivity index (χ1) is 11.7. The van der Waals surface area contributed by atoms with Crippen LogP contribution in [0.5, 0.6) is 5.75 Å². The molecule has 1 heterocycles. The number of oxazole rings is 1. The van der Waals surface area contributed by atoms with Crippen molar-refractivity contribution in [1.29, 1.82) is 0 Å². The van der Waals surface area contributed by atoms with Gasteiger partial charge < -0.3 is 13.9 Å². The molecular weight excluding hydrogens is 308 g/mol. The fraction of sp³-hybridized carbons (Fsp3) is 0.444. The molecule has 128 valence electrons. The zero-order valence-electron chi connectivity index (χ0n) is 14.0. The molecule has 1 N–H and O–H groups in total. The Morgan fingerprint density at radius 3 is 2.58 bits per heavy atom. The second kappa shape index (κ2) is 7.05. The van der Waals surface area contributed by atoms with Crippen LogP contribution in [0.25, 0.3) is 11.3 Å². The Morgan fingerprint density at radius 1 is 1.25 bits per heavy atom. The number of carbonyl (C=O) groups excluding carboxylic acids is 1. The van der Waals surface area contributed by atoms with Crippen molar-refractivity contribution in [3.63, 3.8) is 0 Å². The van der Waals surface area contributed by atoms with Crippen LogP contribution in [-0.4, -0.2) is 30.7 Å². The van der Waals surface area contributed by atoms with E-state index in [9.17, 15) is 4.79 Å². The van der Waals surface area contributed by atoms with Crippen LogP contribution in [0.2, 0.25) is 0 Å². The lowest BCUT2D eigenvalue weighted by Gasteiger charge is -2.26. The van der Waals surface area contributed by atoms with E-state index in [1.807, 2.05) is 24.3 Å². The summed E-state index contributed by atoms with van der Waals surface area (Å²) in [5, 5.41) is 3.29. The average molecular weight is 330 g/mol. The number of aromatic nitrogens is 1. The zero-order chi connectivity index (χ0) is 17.0. The number of esters is 1. The number of methoxy groups -OCH3 is 2. The van der Waals surface area contributed by atoms with Crippen LogP contribution in [0.4, 0.5) is 0 Å². The van der Waals surface area contributed by atoms with Crippen LogP contribution in [0, 0.1) is 0 Å². The lowest BCUT2D eigenvalue weighted by Crippen LogP contribution is -2.50. The van der Waals surface area contributed by atoms with Crippen LogP contribution < -0.4 is 10.1 Å². The minimum absolute atomic E-state index is 0.207. The smallest absolute Gasteiger partial charge is 0.326 e. The molecule has 0 unspecified atom stereocenters.